The highest BCUT2D eigenvalue weighted by atomic mass is 16.5. The van der Waals surface area contributed by atoms with Gasteiger partial charge in [0.05, 0.1) is 12.7 Å². The topological polar surface area (TPSA) is 85.3 Å². The average Bonchev–Trinajstić information content (AvgIpc) is 2.99. The summed E-state index contributed by atoms with van der Waals surface area (Å²) in [5.74, 6) is -0.415. The normalized spacial score (nSPS) is 20.3. The molecule has 23 heavy (non-hydrogen) atoms. The van der Waals surface area contributed by atoms with Gasteiger partial charge in [-0.1, -0.05) is 12.1 Å². The molecule has 0 bridgehead atoms. The first-order valence-corrected chi connectivity index (χ1v) is 7.46. The Hall–Kier alpha value is -2.28. The lowest BCUT2D eigenvalue weighted by Gasteiger charge is -2.21. The Labute approximate surface area is 134 Å². The van der Waals surface area contributed by atoms with Gasteiger partial charge in [-0.3, -0.25) is 4.79 Å². The van der Waals surface area contributed by atoms with Crippen molar-refractivity contribution in [1.29, 1.82) is 0 Å². The molecule has 1 aromatic carbocycles. The molecule has 1 aromatic rings. The third kappa shape index (κ3) is 4.13. The zero-order valence-corrected chi connectivity index (χ0v) is 13.2. The molecule has 126 valence electrons. The maximum absolute atomic E-state index is 12.3. The van der Waals surface area contributed by atoms with E-state index in [4.69, 9.17) is 14.2 Å². The monoisotopic (exact) mass is 323 g/mol. The number of rotatable bonds is 7. The van der Waals surface area contributed by atoms with E-state index in [0.29, 0.717) is 18.1 Å². The smallest absolute Gasteiger partial charge is 0.326 e. The standard InChI is InChI=1S/C16H21NO6/c1-3-22-13-6-4-5-7-14(13)23-10-15(18)17-9-11(21-2)8-12(17)16(19)20/h4-7,11-12H,3,8-10H2,1-2H3,(H,19,20). The van der Waals surface area contributed by atoms with Gasteiger partial charge in [0.2, 0.25) is 0 Å². The lowest BCUT2D eigenvalue weighted by Crippen LogP contribution is -2.43. The minimum atomic E-state index is -1.03. The number of ether oxygens (including phenoxy) is 3. The van der Waals surface area contributed by atoms with Gasteiger partial charge in [0.15, 0.2) is 18.1 Å². The molecule has 1 heterocycles. The summed E-state index contributed by atoms with van der Waals surface area (Å²) in [6.07, 6.45) is 0.0170. The van der Waals surface area contributed by atoms with Gasteiger partial charge in [-0.05, 0) is 19.1 Å². The van der Waals surface area contributed by atoms with E-state index in [0.717, 1.165) is 0 Å². The van der Waals surface area contributed by atoms with Crippen molar-refractivity contribution in [3.8, 4) is 11.5 Å². The minimum Gasteiger partial charge on any atom is -0.490 e. The van der Waals surface area contributed by atoms with E-state index in [-0.39, 0.29) is 31.6 Å². The Morgan fingerprint density at radius 3 is 2.48 bits per heavy atom. The van der Waals surface area contributed by atoms with Crippen molar-refractivity contribution in [2.45, 2.75) is 25.5 Å². The molecule has 2 rings (SSSR count). The quantitative estimate of drug-likeness (QED) is 0.810. The van der Waals surface area contributed by atoms with Crippen molar-refractivity contribution < 1.29 is 28.9 Å². The van der Waals surface area contributed by atoms with Crippen molar-refractivity contribution in [3.63, 3.8) is 0 Å². The van der Waals surface area contributed by atoms with Crippen LogP contribution in [0.15, 0.2) is 24.3 Å². The first-order valence-electron chi connectivity index (χ1n) is 7.46. The van der Waals surface area contributed by atoms with Crippen LogP contribution in [0.5, 0.6) is 11.5 Å². The lowest BCUT2D eigenvalue weighted by molar-refractivity contribution is -0.149. The SMILES string of the molecule is CCOc1ccccc1OCC(=O)N1CC(OC)CC1C(=O)O. The molecule has 1 aliphatic heterocycles. The van der Waals surface area contributed by atoms with Crippen LogP contribution in [0.25, 0.3) is 0 Å². The number of likely N-dealkylation sites (tertiary alicyclic amines) is 1. The second kappa shape index (κ2) is 7.82. The van der Waals surface area contributed by atoms with E-state index in [1.807, 2.05) is 13.0 Å². The van der Waals surface area contributed by atoms with Crippen molar-refractivity contribution >= 4 is 11.9 Å². The molecule has 1 aliphatic rings. The predicted molar refractivity (Wildman–Crippen MR) is 81.7 cm³/mol. The second-order valence-corrected chi connectivity index (χ2v) is 5.16. The molecule has 0 aliphatic carbocycles. The molecule has 1 amide bonds. The Bertz CT molecular complexity index is 561. The molecule has 7 heteroatoms. The van der Waals surface area contributed by atoms with Gasteiger partial charge in [-0.2, -0.15) is 0 Å². The predicted octanol–water partition coefficient (Wildman–Crippen LogP) is 1.16. The molecular formula is C16H21NO6. The zero-order chi connectivity index (χ0) is 16.8. The van der Waals surface area contributed by atoms with Gasteiger partial charge < -0.3 is 24.2 Å². The number of carbonyl (C=O) groups excluding carboxylic acids is 1. The third-order valence-corrected chi connectivity index (χ3v) is 3.70. The molecule has 2 unspecified atom stereocenters. The number of hydrogen-bond donors (Lipinski definition) is 1. The number of benzene rings is 1. The average molecular weight is 323 g/mol. The van der Waals surface area contributed by atoms with Gasteiger partial charge in [-0.25, -0.2) is 4.79 Å². The second-order valence-electron chi connectivity index (χ2n) is 5.16. The first-order chi connectivity index (χ1) is 11.1. The summed E-state index contributed by atoms with van der Waals surface area (Å²) in [6.45, 7) is 2.35. The summed E-state index contributed by atoms with van der Waals surface area (Å²) in [5, 5.41) is 9.23. The number of carbonyl (C=O) groups is 2. The fraction of sp³-hybridized carbons (Fsp3) is 0.500. The summed E-state index contributed by atoms with van der Waals surface area (Å²) in [7, 11) is 1.51. The Morgan fingerprint density at radius 1 is 1.26 bits per heavy atom. The largest absolute Gasteiger partial charge is 0.490 e. The van der Waals surface area contributed by atoms with Crippen LogP contribution in [0.1, 0.15) is 13.3 Å². The first kappa shape index (κ1) is 17.1. The maximum atomic E-state index is 12.3. The molecule has 0 aromatic heterocycles. The Morgan fingerprint density at radius 2 is 1.91 bits per heavy atom. The number of carboxylic acid groups (broad SMARTS) is 1. The van der Waals surface area contributed by atoms with Crippen LogP contribution in [0, 0.1) is 0 Å². The van der Waals surface area contributed by atoms with Crippen LogP contribution in [0.3, 0.4) is 0 Å². The molecule has 0 radical (unpaired) electrons. The van der Waals surface area contributed by atoms with E-state index in [1.54, 1.807) is 18.2 Å². The summed E-state index contributed by atoms with van der Waals surface area (Å²) in [4.78, 5) is 24.9. The number of amides is 1. The van der Waals surface area contributed by atoms with Gasteiger partial charge in [-0.15, -0.1) is 0 Å². The number of methoxy groups -OCH3 is 1. The van der Waals surface area contributed by atoms with Crippen LogP contribution in [0.4, 0.5) is 0 Å². The van der Waals surface area contributed by atoms with Crippen LogP contribution in [-0.2, 0) is 14.3 Å². The molecule has 1 fully saturated rings. The Balaban J connectivity index is 2.00. The van der Waals surface area contributed by atoms with E-state index in [9.17, 15) is 14.7 Å². The summed E-state index contributed by atoms with van der Waals surface area (Å²) in [5.41, 5.74) is 0. The van der Waals surface area contributed by atoms with Crippen LogP contribution >= 0.6 is 0 Å². The summed E-state index contributed by atoms with van der Waals surface area (Å²) >= 11 is 0. The minimum absolute atomic E-state index is 0.246. The fourth-order valence-electron chi connectivity index (χ4n) is 2.54. The van der Waals surface area contributed by atoms with Crippen molar-refractivity contribution in [2.75, 3.05) is 26.9 Å². The molecule has 1 saturated heterocycles. The summed E-state index contributed by atoms with van der Waals surface area (Å²) < 4.78 is 16.1. The number of para-hydroxylation sites is 2. The zero-order valence-electron chi connectivity index (χ0n) is 13.2. The van der Waals surface area contributed by atoms with Crippen LogP contribution in [0.2, 0.25) is 0 Å². The van der Waals surface area contributed by atoms with E-state index >= 15 is 0 Å². The van der Waals surface area contributed by atoms with Crippen molar-refractivity contribution in [1.82, 2.24) is 4.90 Å². The fourth-order valence-corrected chi connectivity index (χ4v) is 2.54. The van der Waals surface area contributed by atoms with E-state index in [1.165, 1.54) is 12.0 Å². The Kier molecular flexibility index (Phi) is 5.81. The highest BCUT2D eigenvalue weighted by Gasteiger charge is 2.39. The molecule has 0 saturated carbocycles. The molecule has 2 atom stereocenters. The number of nitrogens with zero attached hydrogens (tertiary/aromatic N) is 1. The highest BCUT2D eigenvalue weighted by Crippen LogP contribution is 2.27. The van der Waals surface area contributed by atoms with Gasteiger partial charge in [0.25, 0.3) is 5.91 Å². The number of carboxylic acids is 1. The third-order valence-electron chi connectivity index (χ3n) is 3.70. The molecule has 1 N–H and O–H groups in total. The van der Waals surface area contributed by atoms with Gasteiger partial charge >= 0.3 is 5.97 Å². The van der Waals surface area contributed by atoms with E-state index in [2.05, 4.69) is 0 Å². The maximum Gasteiger partial charge on any atom is 0.326 e. The van der Waals surface area contributed by atoms with E-state index < -0.39 is 12.0 Å². The van der Waals surface area contributed by atoms with Crippen LogP contribution in [-0.4, -0.2) is 60.9 Å². The van der Waals surface area contributed by atoms with Gasteiger partial charge in [0, 0.05) is 20.1 Å². The molecule has 0 spiro atoms. The van der Waals surface area contributed by atoms with Crippen LogP contribution < -0.4 is 9.47 Å². The number of aliphatic carboxylic acids is 1. The molecule has 7 nitrogen and oxygen atoms in total. The highest BCUT2D eigenvalue weighted by molar-refractivity contribution is 5.85. The van der Waals surface area contributed by atoms with Gasteiger partial charge in [0.1, 0.15) is 6.04 Å². The number of hydrogen-bond acceptors (Lipinski definition) is 5. The molecular weight excluding hydrogens is 302 g/mol. The lowest BCUT2D eigenvalue weighted by atomic mass is 10.2. The summed E-state index contributed by atoms with van der Waals surface area (Å²) in [6, 6.07) is 6.16. The van der Waals surface area contributed by atoms with Crippen molar-refractivity contribution in [3.05, 3.63) is 24.3 Å². The van der Waals surface area contributed by atoms with Crippen molar-refractivity contribution in [2.24, 2.45) is 0 Å².